The summed E-state index contributed by atoms with van der Waals surface area (Å²) < 4.78 is 0.940. The van der Waals surface area contributed by atoms with Gasteiger partial charge in [-0.05, 0) is 42.0 Å². The minimum Gasteiger partial charge on any atom is -0.383 e. The van der Waals surface area contributed by atoms with Crippen molar-refractivity contribution in [3.8, 4) is 0 Å². The van der Waals surface area contributed by atoms with Crippen LogP contribution >= 0.6 is 22.6 Å². The standard InChI is InChI=1S/C13H14IN3/c1-8-4-3-5-10(6-8)7-11-16-9(2)12(14)13(15)17-11/h3-6H,7H2,1-2H3,(H2,15,16,17). The number of hydrogen-bond donors (Lipinski definition) is 1. The number of nitrogen functional groups attached to an aromatic ring is 1. The molecule has 0 amide bonds. The van der Waals surface area contributed by atoms with Gasteiger partial charge in [0, 0.05) is 6.42 Å². The Morgan fingerprint density at radius 2 is 2.00 bits per heavy atom. The van der Waals surface area contributed by atoms with Gasteiger partial charge < -0.3 is 5.73 Å². The molecular formula is C13H14IN3. The van der Waals surface area contributed by atoms with Gasteiger partial charge in [0.25, 0.3) is 0 Å². The lowest BCUT2D eigenvalue weighted by Gasteiger charge is -2.06. The van der Waals surface area contributed by atoms with Gasteiger partial charge in [0.2, 0.25) is 0 Å². The molecule has 1 aromatic carbocycles. The molecule has 2 N–H and O–H groups in total. The normalized spacial score (nSPS) is 10.5. The lowest BCUT2D eigenvalue weighted by molar-refractivity contribution is 0.939. The Hall–Kier alpha value is -1.17. The highest BCUT2D eigenvalue weighted by atomic mass is 127. The molecule has 0 bridgehead atoms. The monoisotopic (exact) mass is 339 g/mol. The van der Waals surface area contributed by atoms with E-state index in [0.29, 0.717) is 5.82 Å². The van der Waals surface area contributed by atoms with Crippen molar-refractivity contribution in [2.45, 2.75) is 20.3 Å². The van der Waals surface area contributed by atoms with E-state index < -0.39 is 0 Å². The summed E-state index contributed by atoms with van der Waals surface area (Å²) in [6.45, 7) is 4.04. The van der Waals surface area contributed by atoms with Crippen molar-refractivity contribution in [3.05, 3.63) is 50.5 Å². The minimum absolute atomic E-state index is 0.570. The maximum atomic E-state index is 5.85. The van der Waals surface area contributed by atoms with E-state index in [-0.39, 0.29) is 0 Å². The van der Waals surface area contributed by atoms with Crippen molar-refractivity contribution in [1.82, 2.24) is 9.97 Å². The zero-order valence-electron chi connectivity index (χ0n) is 9.87. The predicted molar refractivity (Wildman–Crippen MR) is 77.9 cm³/mol. The van der Waals surface area contributed by atoms with Crippen LogP contribution in [0, 0.1) is 17.4 Å². The van der Waals surface area contributed by atoms with Crippen molar-refractivity contribution in [1.29, 1.82) is 0 Å². The van der Waals surface area contributed by atoms with Crippen molar-refractivity contribution < 1.29 is 0 Å². The van der Waals surface area contributed by atoms with E-state index >= 15 is 0 Å². The molecule has 0 unspecified atom stereocenters. The Labute approximate surface area is 115 Å². The van der Waals surface area contributed by atoms with E-state index in [9.17, 15) is 0 Å². The third kappa shape index (κ3) is 2.94. The molecule has 0 fully saturated rings. The molecule has 0 aliphatic rings. The van der Waals surface area contributed by atoms with Crippen LogP contribution in [0.25, 0.3) is 0 Å². The van der Waals surface area contributed by atoms with E-state index in [2.05, 4.69) is 57.7 Å². The van der Waals surface area contributed by atoms with Crippen LogP contribution in [0.2, 0.25) is 0 Å². The molecule has 1 aromatic heterocycles. The summed E-state index contributed by atoms with van der Waals surface area (Å²) in [5.41, 5.74) is 9.25. The molecule has 3 nitrogen and oxygen atoms in total. The van der Waals surface area contributed by atoms with E-state index in [1.54, 1.807) is 0 Å². The molecule has 0 spiro atoms. The van der Waals surface area contributed by atoms with Gasteiger partial charge in [0.05, 0.1) is 9.26 Å². The Morgan fingerprint density at radius 1 is 1.24 bits per heavy atom. The fraction of sp³-hybridized carbons (Fsp3) is 0.231. The van der Waals surface area contributed by atoms with Crippen LogP contribution in [0.1, 0.15) is 22.6 Å². The maximum absolute atomic E-state index is 5.85. The van der Waals surface area contributed by atoms with Crippen molar-refractivity contribution in [2.24, 2.45) is 0 Å². The second kappa shape index (κ2) is 5.00. The molecule has 88 valence electrons. The molecular weight excluding hydrogens is 325 g/mol. The van der Waals surface area contributed by atoms with Gasteiger partial charge in [-0.2, -0.15) is 0 Å². The van der Waals surface area contributed by atoms with Gasteiger partial charge in [-0.3, -0.25) is 0 Å². The van der Waals surface area contributed by atoms with Gasteiger partial charge in [-0.25, -0.2) is 9.97 Å². The predicted octanol–water partition coefficient (Wildman–Crippen LogP) is 2.87. The third-order valence-electron chi connectivity index (χ3n) is 2.53. The first-order chi connectivity index (χ1) is 8.06. The summed E-state index contributed by atoms with van der Waals surface area (Å²) in [6.07, 6.45) is 0.726. The van der Waals surface area contributed by atoms with Crippen molar-refractivity contribution in [3.63, 3.8) is 0 Å². The van der Waals surface area contributed by atoms with Crippen molar-refractivity contribution >= 4 is 28.4 Å². The van der Waals surface area contributed by atoms with Crippen LogP contribution in [0.3, 0.4) is 0 Å². The first-order valence-corrected chi connectivity index (χ1v) is 6.48. The van der Waals surface area contributed by atoms with Gasteiger partial charge in [-0.15, -0.1) is 0 Å². The molecule has 2 aromatic rings. The largest absolute Gasteiger partial charge is 0.383 e. The molecule has 0 atom stereocenters. The SMILES string of the molecule is Cc1cccc(Cc2nc(C)c(I)c(N)n2)c1. The highest BCUT2D eigenvalue weighted by Crippen LogP contribution is 2.17. The molecule has 0 saturated heterocycles. The van der Waals surface area contributed by atoms with Gasteiger partial charge in [-0.1, -0.05) is 29.8 Å². The number of rotatable bonds is 2. The number of benzene rings is 1. The van der Waals surface area contributed by atoms with Crippen LogP contribution in [0.5, 0.6) is 0 Å². The summed E-state index contributed by atoms with van der Waals surface area (Å²) >= 11 is 2.17. The van der Waals surface area contributed by atoms with E-state index in [0.717, 1.165) is 21.5 Å². The molecule has 4 heteroatoms. The van der Waals surface area contributed by atoms with E-state index in [4.69, 9.17) is 5.73 Å². The number of hydrogen-bond acceptors (Lipinski definition) is 3. The third-order valence-corrected chi connectivity index (χ3v) is 3.87. The summed E-state index contributed by atoms with van der Waals surface area (Å²) in [7, 11) is 0. The fourth-order valence-electron chi connectivity index (χ4n) is 1.72. The number of anilines is 1. The van der Waals surface area contributed by atoms with Gasteiger partial charge in [0.1, 0.15) is 11.6 Å². The van der Waals surface area contributed by atoms with Gasteiger partial charge >= 0.3 is 0 Å². The van der Waals surface area contributed by atoms with Crippen molar-refractivity contribution in [2.75, 3.05) is 5.73 Å². The Kier molecular flexibility index (Phi) is 3.61. The summed E-state index contributed by atoms with van der Waals surface area (Å²) in [5.74, 6) is 1.35. The number of aromatic nitrogens is 2. The maximum Gasteiger partial charge on any atom is 0.140 e. The second-order valence-electron chi connectivity index (χ2n) is 4.09. The average molecular weight is 339 g/mol. The Balaban J connectivity index is 2.31. The Bertz CT molecular complexity index is 529. The highest BCUT2D eigenvalue weighted by Gasteiger charge is 2.07. The van der Waals surface area contributed by atoms with Crippen LogP contribution in [0.15, 0.2) is 24.3 Å². The van der Waals surface area contributed by atoms with Crippen LogP contribution in [-0.2, 0) is 6.42 Å². The number of nitrogens with zero attached hydrogens (tertiary/aromatic N) is 2. The number of halogens is 1. The molecule has 2 rings (SSSR count). The van der Waals surface area contributed by atoms with Crippen LogP contribution in [-0.4, -0.2) is 9.97 Å². The Morgan fingerprint density at radius 3 is 2.65 bits per heavy atom. The van der Waals surface area contributed by atoms with Gasteiger partial charge in [0.15, 0.2) is 0 Å². The summed E-state index contributed by atoms with van der Waals surface area (Å²) in [4.78, 5) is 8.78. The van der Waals surface area contributed by atoms with Crippen LogP contribution < -0.4 is 5.73 Å². The molecule has 1 heterocycles. The molecule has 0 aliphatic carbocycles. The fourth-order valence-corrected chi connectivity index (χ4v) is 1.97. The van der Waals surface area contributed by atoms with Crippen LogP contribution in [0.4, 0.5) is 5.82 Å². The average Bonchev–Trinajstić information content (AvgIpc) is 2.26. The zero-order chi connectivity index (χ0) is 12.4. The lowest BCUT2D eigenvalue weighted by Crippen LogP contribution is -2.05. The molecule has 17 heavy (non-hydrogen) atoms. The van der Waals surface area contributed by atoms with E-state index in [1.165, 1.54) is 11.1 Å². The first kappa shape index (κ1) is 12.3. The number of nitrogens with two attached hydrogens (primary N) is 1. The smallest absolute Gasteiger partial charge is 0.140 e. The minimum atomic E-state index is 0.570. The molecule has 0 radical (unpaired) electrons. The quantitative estimate of drug-likeness (QED) is 0.856. The topological polar surface area (TPSA) is 51.8 Å². The molecule has 0 saturated carbocycles. The zero-order valence-corrected chi connectivity index (χ0v) is 12.0. The van der Waals surface area contributed by atoms with E-state index in [1.807, 2.05) is 13.0 Å². The number of aryl methyl sites for hydroxylation is 2. The first-order valence-electron chi connectivity index (χ1n) is 5.40. The molecule has 0 aliphatic heterocycles. The second-order valence-corrected chi connectivity index (χ2v) is 5.17. The summed E-state index contributed by atoms with van der Waals surface area (Å²) in [6, 6.07) is 8.36. The lowest BCUT2D eigenvalue weighted by atomic mass is 10.1. The highest BCUT2D eigenvalue weighted by molar-refractivity contribution is 14.1. The summed E-state index contributed by atoms with van der Waals surface area (Å²) in [5, 5.41) is 0.